The van der Waals surface area contributed by atoms with Crippen LogP contribution in [-0.4, -0.2) is 38.3 Å². The number of benzene rings is 3. The zero-order valence-electron chi connectivity index (χ0n) is 17.8. The Balaban J connectivity index is 1.54. The predicted molar refractivity (Wildman–Crippen MR) is 129 cm³/mol. The molecule has 0 atom stereocenters. The normalized spacial score (nSPS) is 10.8. The fourth-order valence-corrected chi connectivity index (χ4v) is 2.76. The molecule has 0 radical (unpaired) electrons. The number of hydrazone groups is 2. The lowest BCUT2D eigenvalue weighted by Crippen LogP contribution is -2.17. The third kappa shape index (κ3) is 6.27. The second-order valence-corrected chi connectivity index (χ2v) is 6.72. The lowest BCUT2D eigenvalue weighted by Gasteiger charge is -2.03. The molecule has 0 saturated heterocycles. The Hall–Kier alpha value is -4.46. The van der Waals surface area contributed by atoms with Gasteiger partial charge in [0.2, 0.25) is 0 Å². The minimum Gasteiger partial charge on any atom is -0.388 e. The Morgan fingerprint density at radius 2 is 1.06 bits per heavy atom. The van der Waals surface area contributed by atoms with Crippen molar-refractivity contribution in [2.45, 2.75) is 0 Å². The number of nitrogens with one attached hydrogen (secondary N) is 4. The maximum absolute atomic E-state index is 12.1. The molecule has 0 bridgehead atoms. The van der Waals surface area contributed by atoms with Crippen LogP contribution in [0.25, 0.3) is 0 Å². The first-order valence-electron chi connectivity index (χ1n) is 9.91. The van der Waals surface area contributed by atoms with Gasteiger partial charge in [0.25, 0.3) is 11.8 Å². The molecule has 0 unspecified atom stereocenters. The van der Waals surface area contributed by atoms with Crippen molar-refractivity contribution in [2.75, 3.05) is 24.7 Å². The molecule has 4 N–H and O–H groups in total. The lowest BCUT2D eigenvalue weighted by molar-refractivity contribution is 0.0947. The van der Waals surface area contributed by atoms with E-state index in [0.717, 1.165) is 22.5 Å². The fourth-order valence-electron chi connectivity index (χ4n) is 2.76. The average molecular weight is 428 g/mol. The van der Waals surface area contributed by atoms with Crippen LogP contribution < -0.4 is 21.5 Å². The number of anilines is 2. The maximum Gasteiger partial charge on any atom is 0.271 e. The second-order valence-electron chi connectivity index (χ2n) is 6.72. The van der Waals surface area contributed by atoms with Crippen LogP contribution in [0, 0.1) is 0 Å². The quantitative estimate of drug-likeness (QED) is 0.326. The molecule has 0 aromatic heterocycles. The van der Waals surface area contributed by atoms with Crippen molar-refractivity contribution in [3.05, 3.63) is 95.1 Å². The summed E-state index contributed by atoms with van der Waals surface area (Å²) in [6, 6.07) is 21.5. The first kappa shape index (κ1) is 22.2. The smallest absolute Gasteiger partial charge is 0.271 e. The van der Waals surface area contributed by atoms with Gasteiger partial charge in [0.1, 0.15) is 0 Å². The number of amides is 2. The SMILES string of the molecule is CNc1ccc(C(=O)N/N=C/c2cccc(/C=N/NC(=O)c3ccc(NC)cc3)c2)cc1. The monoisotopic (exact) mass is 428 g/mol. The third-order valence-corrected chi connectivity index (χ3v) is 4.54. The lowest BCUT2D eigenvalue weighted by atomic mass is 10.1. The molecule has 3 rings (SSSR count). The van der Waals surface area contributed by atoms with E-state index in [1.807, 2.05) is 62.6 Å². The summed E-state index contributed by atoms with van der Waals surface area (Å²) < 4.78 is 0. The molecule has 0 saturated carbocycles. The summed E-state index contributed by atoms with van der Waals surface area (Å²) in [5.41, 5.74) is 9.42. The molecule has 0 fully saturated rings. The van der Waals surface area contributed by atoms with E-state index in [4.69, 9.17) is 0 Å². The van der Waals surface area contributed by atoms with Crippen molar-refractivity contribution in [1.29, 1.82) is 0 Å². The molecule has 32 heavy (non-hydrogen) atoms. The van der Waals surface area contributed by atoms with Crippen LogP contribution in [0.2, 0.25) is 0 Å². The van der Waals surface area contributed by atoms with E-state index >= 15 is 0 Å². The van der Waals surface area contributed by atoms with Crippen molar-refractivity contribution >= 4 is 35.6 Å². The van der Waals surface area contributed by atoms with Crippen LogP contribution in [0.15, 0.2) is 83.0 Å². The molecule has 162 valence electrons. The van der Waals surface area contributed by atoms with Crippen LogP contribution in [0.4, 0.5) is 11.4 Å². The molecule has 3 aromatic rings. The molecule has 0 spiro atoms. The summed E-state index contributed by atoms with van der Waals surface area (Å²) in [6.07, 6.45) is 3.08. The van der Waals surface area contributed by atoms with E-state index in [0.29, 0.717) is 11.1 Å². The topological polar surface area (TPSA) is 107 Å². The zero-order valence-corrected chi connectivity index (χ0v) is 17.8. The van der Waals surface area contributed by atoms with Gasteiger partial charge in [-0.15, -0.1) is 0 Å². The predicted octanol–water partition coefficient (Wildman–Crippen LogP) is 3.30. The van der Waals surface area contributed by atoms with E-state index < -0.39 is 0 Å². The van der Waals surface area contributed by atoms with Gasteiger partial charge in [-0.05, 0) is 65.7 Å². The van der Waals surface area contributed by atoms with E-state index in [-0.39, 0.29) is 11.8 Å². The highest BCUT2D eigenvalue weighted by Crippen LogP contribution is 2.09. The van der Waals surface area contributed by atoms with Crippen LogP contribution in [0.3, 0.4) is 0 Å². The standard InChI is InChI=1S/C24H24N6O2/c1-25-21-10-6-19(7-11-21)23(31)29-27-15-17-4-3-5-18(14-17)16-28-30-24(32)20-8-12-22(26-2)13-9-20/h3-16,25-26H,1-2H3,(H,29,31)(H,30,32)/b27-15+,28-16+. The van der Waals surface area contributed by atoms with Gasteiger partial charge in [0.05, 0.1) is 12.4 Å². The molecule has 3 aromatic carbocycles. The van der Waals surface area contributed by atoms with Gasteiger partial charge in [-0.3, -0.25) is 9.59 Å². The number of carbonyl (C=O) groups excluding carboxylic acids is 2. The van der Waals surface area contributed by atoms with Crippen molar-refractivity contribution in [1.82, 2.24) is 10.9 Å². The van der Waals surface area contributed by atoms with Crippen LogP contribution in [0.5, 0.6) is 0 Å². The molecule has 0 heterocycles. The molecule has 0 aliphatic heterocycles. The van der Waals surface area contributed by atoms with E-state index in [2.05, 4.69) is 31.7 Å². The van der Waals surface area contributed by atoms with Crippen LogP contribution >= 0.6 is 0 Å². The summed E-state index contributed by atoms with van der Waals surface area (Å²) >= 11 is 0. The van der Waals surface area contributed by atoms with Gasteiger partial charge in [-0.2, -0.15) is 10.2 Å². The van der Waals surface area contributed by atoms with Gasteiger partial charge in [0, 0.05) is 36.6 Å². The highest BCUT2D eigenvalue weighted by atomic mass is 16.2. The first-order valence-corrected chi connectivity index (χ1v) is 9.91. The Morgan fingerprint density at radius 1 is 0.656 bits per heavy atom. The van der Waals surface area contributed by atoms with Gasteiger partial charge < -0.3 is 10.6 Å². The fraction of sp³-hybridized carbons (Fsp3) is 0.0833. The maximum atomic E-state index is 12.1. The summed E-state index contributed by atoms with van der Waals surface area (Å²) in [6.45, 7) is 0. The zero-order chi connectivity index (χ0) is 22.8. The number of carbonyl (C=O) groups is 2. The second kappa shape index (κ2) is 11.1. The van der Waals surface area contributed by atoms with Crippen LogP contribution in [0.1, 0.15) is 31.8 Å². The number of nitrogens with zero attached hydrogens (tertiary/aromatic N) is 2. The average Bonchev–Trinajstić information content (AvgIpc) is 2.84. The summed E-state index contributed by atoms with van der Waals surface area (Å²) in [5.74, 6) is -0.598. The van der Waals surface area contributed by atoms with Gasteiger partial charge in [-0.25, -0.2) is 10.9 Å². The molecular weight excluding hydrogens is 404 g/mol. The highest BCUT2D eigenvalue weighted by Gasteiger charge is 2.04. The van der Waals surface area contributed by atoms with Crippen molar-refractivity contribution in [3.63, 3.8) is 0 Å². The largest absolute Gasteiger partial charge is 0.388 e. The first-order chi connectivity index (χ1) is 15.6. The molecule has 0 aliphatic carbocycles. The minimum atomic E-state index is -0.299. The summed E-state index contributed by atoms with van der Waals surface area (Å²) in [4.78, 5) is 24.3. The van der Waals surface area contributed by atoms with Gasteiger partial charge in [0.15, 0.2) is 0 Å². The van der Waals surface area contributed by atoms with Crippen LogP contribution in [-0.2, 0) is 0 Å². The number of rotatable bonds is 8. The summed E-state index contributed by atoms with van der Waals surface area (Å²) in [7, 11) is 3.63. The Labute approximate surface area is 186 Å². The third-order valence-electron chi connectivity index (χ3n) is 4.54. The summed E-state index contributed by atoms with van der Waals surface area (Å²) in [5, 5.41) is 14.0. The van der Waals surface area contributed by atoms with Crippen molar-refractivity contribution < 1.29 is 9.59 Å². The van der Waals surface area contributed by atoms with Crippen molar-refractivity contribution in [3.8, 4) is 0 Å². The van der Waals surface area contributed by atoms with Crippen molar-refractivity contribution in [2.24, 2.45) is 10.2 Å². The van der Waals surface area contributed by atoms with E-state index in [9.17, 15) is 9.59 Å². The van der Waals surface area contributed by atoms with E-state index in [1.54, 1.807) is 36.7 Å². The molecule has 2 amide bonds. The molecular formula is C24H24N6O2. The van der Waals surface area contributed by atoms with E-state index in [1.165, 1.54) is 0 Å². The van der Waals surface area contributed by atoms with Gasteiger partial charge >= 0.3 is 0 Å². The Bertz CT molecular complexity index is 1040. The molecule has 8 nitrogen and oxygen atoms in total. The number of hydrogen-bond acceptors (Lipinski definition) is 6. The Kier molecular flexibility index (Phi) is 7.69. The number of hydrogen-bond donors (Lipinski definition) is 4. The highest BCUT2D eigenvalue weighted by molar-refractivity contribution is 5.96. The van der Waals surface area contributed by atoms with Gasteiger partial charge in [-0.1, -0.05) is 18.2 Å². The molecule has 8 heteroatoms. The Morgan fingerprint density at radius 3 is 1.44 bits per heavy atom. The molecule has 0 aliphatic rings. The minimum absolute atomic E-state index is 0.299.